The molecule has 0 spiro atoms. The molecule has 3 aromatic rings. The number of carbonyl (C=O) groups is 1. The normalized spacial score (nSPS) is 12.3. The molecule has 0 aliphatic carbocycles. The molecule has 27 heavy (non-hydrogen) atoms. The Morgan fingerprint density at radius 3 is 2.67 bits per heavy atom. The van der Waals surface area contributed by atoms with Crippen molar-refractivity contribution in [2.24, 2.45) is 0 Å². The summed E-state index contributed by atoms with van der Waals surface area (Å²) in [5.74, 6) is 0.291. The van der Waals surface area contributed by atoms with Crippen LogP contribution < -0.4 is 16.8 Å². The maximum Gasteiger partial charge on any atom is 0.227 e. The molecule has 0 saturated heterocycles. The van der Waals surface area contributed by atoms with Crippen LogP contribution in [0.1, 0.15) is 18.7 Å². The molecule has 1 heterocycles. The minimum absolute atomic E-state index is 0.0731. The van der Waals surface area contributed by atoms with E-state index in [0.29, 0.717) is 12.4 Å². The van der Waals surface area contributed by atoms with Crippen LogP contribution in [0.5, 0.6) is 0 Å². The third-order valence-corrected chi connectivity index (χ3v) is 4.49. The first-order valence-electron chi connectivity index (χ1n) is 9.19. The second-order valence-corrected chi connectivity index (χ2v) is 6.76. The van der Waals surface area contributed by atoms with Gasteiger partial charge >= 0.3 is 0 Å². The summed E-state index contributed by atoms with van der Waals surface area (Å²) in [6.45, 7) is 1.45. The number of carbonyl (C=O) groups excluding carboxylic acids is 1. The molecule has 0 saturated carbocycles. The van der Waals surface area contributed by atoms with Crippen molar-refractivity contribution in [3.63, 3.8) is 0 Å². The Labute approximate surface area is 157 Å². The number of nitrogens with one attached hydrogen (secondary N) is 2. The Morgan fingerprint density at radius 1 is 1.19 bits per heavy atom. The molecular weight excluding hydrogens is 345 g/mol. The smallest absolute Gasteiger partial charge is 0.227 e. The maximum absolute atomic E-state index is 13.1. The first-order chi connectivity index (χ1) is 13.0. The van der Waals surface area contributed by atoms with Gasteiger partial charge in [-0.05, 0) is 35.4 Å². The minimum atomic E-state index is -0.259. The summed E-state index contributed by atoms with van der Waals surface area (Å²) in [5, 5.41) is 2.91. The van der Waals surface area contributed by atoms with Gasteiger partial charge in [-0.15, -0.1) is 0 Å². The lowest BCUT2D eigenvalue weighted by Crippen LogP contribution is -2.65. The Balaban J connectivity index is 1.64. The average Bonchev–Trinajstić information content (AvgIpc) is 3.06. The van der Waals surface area contributed by atoms with E-state index in [1.165, 1.54) is 12.1 Å². The van der Waals surface area contributed by atoms with E-state index in [4.69, 9.17) is 0 Å². The van der Waals surface area contributed by atoms with Gasteiger partial charge in [0.1, 0.15) is 17.7 Å². The number of halogens is 1. The number of aromatic amines is 1. The molecule has 0 radical (unpaired) electrons. The molecule has 142 valence electrons. The van der Waals surface area contributed by atoms with E-state index in [9.17, 15) is 9.18 Å². The summed E-state index contributed by atoms with van der Waals surface area (Å²) < 4.78 is 13.1. The number of amides is 1. The standard InChI is InChI=1S/C20H24FN5O/c21-15-6-3-13(4-7-15)14-5-8-17-18(10-14)26-19(25-17)11-20(27)24-12-16(23)2-1-9-22/h3-8,10,16H,1-2,9,11-12,22-23H2,(H,24,27)(H,25,26)/p+2/t16-/m0/s1. The SMILES string of the molecule is [NH3+]CCC[C@H]([NH3+])CNC(=O)Cc1nc2ccc(-c3ccc(F)cc3)cc2[nH]1. The summed E-state index contributed by atoms with van der Waals surface area (Å²) in [6.07, 6.45) is 2.17. The fourth-order valence-electron chi connectivity index (χ4n) is 2.98. The van der Waals surface area contributed by atoms with E-state index in [1.54, 1.807) is 12.1 Å². The van der Waals surface area contributed by atoms with Gasteiger partial charge in [-0.2, -0.15) is 0 Å². The molecule has 1 aromatic heterocycles. The molecular formula is C20H26FN5O+2. The van der Waals surface area contributed by atoms with Gasteiger partial charge in [0.05, 0.1) is 30.5 Å². The number of aromatic nitrogens is 2. The Hall–Kier alpha value is -2.77. The highest BCUT2D eigenvalue weighted by molar-refractivity contribution is 5.83. The van der Waals surface area contributed by atoms with Crippen molar-refractivity contribution in [2.45, 2.75) is 25.3 Å². The van der Waals surface area contributed by atoms with Gasteiger partial charge in [0.2, 0.25) is 5.91 Å². The molecule has 0 bridgehead atoms. The van der Waals surface area contributed by atoms with Crippen molar-refractivity contribution in [1.29, 1.82) is 0 Å². The zero-order chi connectivity index (χ0) is 19.2. The third-order valence-electron chi connectivity index (χ3n) is 4.49. The molecule has 7 heteroatoms. The van der Waals surface area contributed by atoms with Gasteiger partial charge in [0, 0.05) is 12.8 Å². The van der Waals surface area contributed by atoms with E-state index < -0.39 is 0 Å². The van der Waals surface area contributed by atoms with E-state index in [0.717, 1.165) is 41.5 Å². The number of fused-ring (bicyclic) bond motifs is 1. The first-order valence-corrected chi connectivity index (χ1v) is 9.19. The average molecular weight is 371 g/mol. The number of H-pyrrole nitrogens is 1. The van der Waals surface area contributed by atoms with Gasteiger partial charge in [-0.3, -0.25) is 4.79 Å². The lowest BCUT2D eigenvalue weighted by Gasteiger charge is -2.08. The quantitative estimate of drug-likeness (QED) is 0.466. The number of rotatable bonds is 8. The van der Waals surface area contributed by atoms with Crippen LogP contribution in [0, 0.1) is 5.82 Å². The largest absolute Gasteiger partial charge is 0.358 e. The molecule has 8 N–H and O–H groups in total. The summed E-state index contributed by atoms with van der Waals surface area (Å²) in [4.78, 5) is 19.8. The zero-order valence-electron chi connectivity index (χ0n) is 15.3. The van der Waals surface area contributed by atoms with Crippen LogP contribution in [-0.4, -0.2) is 35.0 Å². The molecule has 0 unspecified atom stereocenters. The van der Waals surface area contributed by atoms with Gasteiger partial charge in [0.25, 0.3) is 0 Å². The second kappa shape index (κ2) is 8.75. The topological polar surface area (TPSA) is 113 Å². The second-order valence-electron chi connectivity index (χ2n) is 6.76. The van der Waals surface area contributed by atoms with Gasteiger partial charge < -0.3 is 21.8 Å². The van der Waals surface area contributed by atoms with Crippen LogP contribution in [0.2, 0.25) is 0 Å². The predicted molar refractivity (Wildman–Crippen MR) is 102 cm³/mol. The van der Waals surface area contributed by atoms with E-state index in [-0.39, 0.29) is 24.2 Å². The van der Waals surface area contributed by atoms with Crippen molar-refractivity contribution >= 4 is 16.9 Å². The van der Waals surface area contributed by atoms with Gasteiger partial charge in [-0.25, -0.2) is 9.37 Å². The van der Waals surface area contributed by atoms with Crippen molar-refractivity contribution in [1.82, 2.24) is 15.3 Å². The van der Waals surface area contributed by atoms with Crippen LogP contribution in [0.4, 0.5) is 4.39 Å². The summed E-state index contributed by atoms with van der Waals surface area (Å²) in [6, 6.07) is 12.4. The van der Waals surface area contributed by atoms with Crippen molar-refractivity contribution in [3.05, 3.63) is 54.1 Å². The lowest BCUT2D eigenvalue weighted by atomic mass is 10.1. The number of nitrogens with zero attached hydrogens (tertiary/aromatic N) is 1. The zero-order valence-corrected chi connectivity index (χ0v) is 15.3. The summed E-state index contributed by atoms with van der Waals surface area (Å²) in [7, 11) is 0. The minimum Gasteiger partial charge on any atom is -0.358 e. The van der Waals surface area contributed by atoms with Crippen molar-refractivity contribution < 1.29 is 20.7 Å². The van der Waals surface area contributed by atoms with Crippen molar-refractivity contribution in [3.8, 4) is 11.1 Å². The number of quaternary nitrogens is 2. The highest BCUT2D eigenvalue weighted by atomic mass is 19.1. The molecule has 3 rings (SSSR count). The van der Waals surface area contributed by atoms with E-state index in [2.05, 4.69) is 26.8 Å². The molecule has 1 atom stereocenters. The summed E-state index contributed by atoms with van der Waals surface area (Å²) >= 11 is 0. The number of hydrogen-bond donors (Lipinski definition) is 4. The Morgan fingerprint density at radius 2 is 1.93 bits per heavy atom. The van der Waals surface area contributed by atoms with Crippen LogP contribution >= 0.6 is 0 Å². The predicted octanol–water partition coefficient (Wildman–Crippen LogP) is 0.660. The Kier molecular flexibility index (Phi) is 6.16. The van der Waals surface area contributed by atoms with Gasteiger partial charge in [-0.1, -0.05) is 18.2 Å². The maximum atomic E-state index is 13.1. The van der Waals surface area contributed by atoms with Gasteiger partial charge in [0.15, 0.2) is 0 Å². The Bertz CT molecular complexity index is 906. The van der Waals surface area contributed by atoms with Crippen LogP contribution in [-0.2, 0) is 11.2 Å². The van der Waals surface area contributed by atoms with E-state index >= 15 is 0 Å². The molecule has 2 aromatic carbocycles. The fraction of sp³-hybridized carbons (Fsp3) is 0.300. The molecule has 1 amide bonds. The number of hydrogen-bond acceptors (Lipinski definition) is 2. The molecule has 6 nitrogen and oxygen atoms in total. The monoisotopic (exact) mass is 371 g/mol. The van der Waals surface area contributed by atoms with Crippen LogP contribution in [0.3, 0.4) is 0 Å². The van der Waals surface area contributed by atoms with Crippen molar-refractivity contribution in [2.75, 3.05) is 13.1 Å². The number of imidazole rings is 1. The van der Waals surface area contributed by atoms with Crippen LogP contribution in [0.25, 0.3) is 22.2 Å². The lowest BCUT2D eigenvalue weighted by molar-refractivity contribution is -0.423. The summed E-state index contributed by atoms with van der Waals surface area (Å²) in [5.41, 5.74) is 11.4. The van der Waals surface area contributed by atoms with E-state index in [1.807, 2.05) is 18.2 Å². The molecule has 0 aliphatic heterocycles. The highest BCUT2D eigenvalue weighted by Gasteiger charge is 2.12. The first kappa shape index (κ1) is 19.0. The fourth-order valence-corrected chi connectivity index (χ4v) is 2.98. The highest BCUT2D eigenvalue weighted by Crippen LogP contribution is 2.23. The third kappa shape index (κ3) is 5.12. The molecule has 0 fully saturated rings. The molecule has 0 aliphatic rings. The van der Waals surface area contributed by atoms with Crippen LogP contribution in [0.15, 0.2) is 42.5 Å². The number of benzene rings is 2.